The molecule has 1 aromatic carbocycles. The molecule has 2 amide bonds. The molecule has 0 radical (unpaired) electrons. The highest BCUT2D eigenvalue weighted by atomic mass is 19.4. The van der Waals surface area contributed by atoms with Gasteiger partial charge < -0.3 is 15.0 Å². The van der Waals surface area contributed by atoms with Crippen LogP contribution < -0.4 is 5.32 Å². The third kappa shape index (κ3) is 4.40. The molecule has 1 aromatic heterocycles. The highest BCUT2D eigenvalue weighted by Gasteiger charge is 2.32. The average Bonchev–Trinajstić information content (AvgIpc) is 3.17. The number of ether oxygens (including phenoxy) is 1. The first-order chi connectivity index (χ1) is 14.3. The number of likely N-dealkylation sites (tertiary alicyclic amines) is 1. The van der Waals surface area contributed by atoms with Crippen LogP contribution in [-0.4, -0.2) is 53.1 Å². The number of amides is 2. The first-order valence-corrected chi connectivity index (χ1v) is 10.5. The average molecular weight is 424 g/mol. The van der Waals surface area contributed by atoms with Crippen molar-refractivity contribution < 1.29 is 22.7 Å². The van der Waals surface area contributed by atoms with E-state index in [1.54, 1.807) is 11.8 Å². The predicted octanol–water partition coefficient (Wildman–Crippen LogP) is 4.36. The molecule has 0 atom stereocenters. The molecule has 164 valence electrons. The largest absolute Gasteiger partial charge is 0.416 e. The lowest BCUT2D eigenvalue weighted by atomic mass is 9.93. The van der Waals surface area contributed by atoms with Crippen LogP contribution in [0.3, 0.4) is 0 Å². The first kappa shape index (κ1) is 21.0. The van der Waals surface area contributed by atoms with Crippen molar-refractivity contribution in [2.75, 3.05) is 20.2 Å². The lowest BCUT2D eigenvalue weighted by molar-refractivity contribution is -0.137. The summed E-state index contributed by atoms with van der Waals surface area (Å²) in [4.78, 5) is 14.4. The summed E-state index contributed by atoms with van der Waals surface area (Å²) in [6.07, 6.45) is 2.66. The van der Waals surface area contributed by atoms with Gasteiger partial charge in [-0.15, -0.1) is 0 Å². The third-order valence-electron chi connectivity index (χ3n) is 6.36. The van der Waals surface area contributed by atoms with Crippen molar-refractivity contribution in [2.24, 2.45) is 0 Å². The minimum atomic E-state index is -4.36. The molecule has 4 rings (SSSR count). The lowest BCUT2D eigenvalue weighted by Crippen LogP contribution is -2.49. The molecule has 1 N–H and O–H groups in total. The zero-order valence-corrected chi connectivity index (χ0v) is 17.0. The zero-order chi connectivity index (χ0) is 21.3. The van der Waals surface area contributed by atoms with E-state index in [1.807, 2.05) is 4.90 Å². The van der Waals surface area contributed by atoms with Crippen molar-refractivity contribution >= 4 is 16.9 Å². The molecule has 1 aliphatic heterocycles. The van der Waals surface area contributed by atoms with Gasteiger partial charge in [0, 0.05) is 31.6 Å². The van der Waals surface area contributed by atoms with E-state index >= 15 is 0 Å². The Morgan fingerprint density at radius 3 is 2.47 bits per heavy atom. The fraction of sp³-hybridized carbons (Fsp3) is 0.619. The monoisotopic (exact) mass is 424 g/mol. The van der Waals surface area contributed by atoms with Crippen molar-refractivity contribution in [3.8, 4) is 0 Å². The maximum atomic E-state index is 12.9. The molecule has 1 saturated heterocycles. The zero-order valence-electron chi connectivity index (χ0n) is 17.0. The molecule has 2 fully saturated rings. The van der Waals surface area contributed by atoms with E-state index < -0.39 is 11.7 Å². The Balaban J connectivity index is 1.34. The number of rotatable bonds is 3. The Labute approximate surface area is 173 Å². The number of piperidine rings is 1. The van der Waals surface area contributed by atoms with Gasteiger partial charge in [0.05, 0.1) is 29.4 Å². The van der Waals surface area contributed by atoms with Gasteiger partial charge in [0.1, 0.15) is 0 Å². The standard InChI is InChI=1S/C21H27F3N4O2/c1-30-18-5-3-16(4-6-18)26-20(29)27-10-8-17(9-11-27)28-19-7-2-15(21(22,23)24)12-14(19)13-25-28/h2,7,12-13,16-18H,3-6,8-11H2,1H3,(H,26,29)/t16-,18-. The van der Waals surface area contributed by atoms with Crippen molar-refractivity contribution in [3.05, 3.63) is 30.0 Å². The molecule has 1 saturated carbocycles. The Morgan fingerprint density at radius 1 is 1.13 bits per heavy atom. The van der Waals surface area contributed by atoms with Crippen molar-refractivity contribution in [3.63, 3.8) is 0 Å². The van der Waals surface area contributed by atoms with E-state index in [9.17, 15) is 18.0 Å². The number of hydrogen-bond donors (Lipinski definition) is 1. The van der Waals surface area contributed by atoms with E-state index in [0.29, 0.717) is 30.1 Å². The molecule has 1 aliphatic carbocycles. The maximum absolute atomic E-state index is 12.9. The molecule has 6 nitrogen and oxygen atoms in total. The summed E-state index contributed by atoms with van der Waals surface area (Å²) in [6, 6.07) is 3.95. The predicted molar refractivity (Wildman–Crippen MR) is 106 cm³/mol. The Bertz CT molecular complexity index is 882. The van der Waals surface area contributed by atoms with Gasteiger partial charge in [-0.2, -0.15) is 18.3 Å². The van der Waals surface area contributed by atoms with Gasteiger partial charge in [-0.05, 0) is 56.7 Å². The number of benzene rings is 1. The normalized spacial score (nSPS) is 23.7. The highest BCUT2D eigenvalue weighted by Crippen LogP contribution is 2.33. The van der Waals surface area contributed by atoms with E-state index in [2.05, 4.69) is 10.4 Å². The summed E-state index contributed by atoms with van der Waals surface area (Å²) in [7, 11) is 1.73. The summed E-state index contributed by atoms with van der Waals surface area (Å²) >= 11 is 0. The van der Waals surface area contributed by atoms with Gasteiger partial charge in [0.25, 0.3) is 0 Å². The van der Waals surface area contributed by atoms with Crippen molar-refractivity contribution in [1.82, 2.24) is 20.0 Å². The number of aromatic nitrogens is 2. The second kappa shape index (κ2) is 8.45. The number of carbonyl (C=O) groups excluding carboxylic acids is 1. The van der Waals surface area contributed by atoms with Crippen LogP contribution >= 0.6 is 0 Å². The molecular weight excluding hydrogens is 397 g/mol. The van der Waals surface area contributed by atoms with E-state index in [-0.39, 0.29) is 18.1 Å². The number of fused-ring (bicyclic) bond motifs is 1. The molecule has 2 aromatic rings. The number of methoxy groups -OCH3 is 1. The number of halogens is 3. The Kier molecular flexibility index (Phi) is 5.90. The second-order valence-electron chi connectivity index (χ2n) is 8.24. The Hall–Kier alpha value is -2.29. The summed E-state index contributed by atoms with van der Waals surface area (Å²) < 4.78 is 46.0. The van der Waals surface area contributed by atoms with E-state index in [1.165, 1.54) is 12.3 Å². The van der Waals surface area contributed by atoms with Gasteiger partial charge in [0.15, 0.2) is 0 Å². The fourth-order valence-electron chi connectivity index (χ4n) is 4.54. The summed E-state index contributed by atoms with van der Waals surface area (Å²) in [5, 5.41) is 7.96. The van der Waals surface area contributed by atoms with Gasteiger partial charge in [-0.25, -0.2) is 4.79 Å². The van der Waals surface area contributed by atoms with Gasteiger partial charge >= 0.3 is 12.2 Å². The van der Waals surface area contributed by atoms with Crippen LogP contribution in [0.2, 0.25) is 0 Å². The van der Waals surface area contributed by atoms with Crippen molar-refractivity contribution in [1.29, 1.82) is 0 Å². The molecule has 0 bridgehead atoms. The van der Waals surface area contributed by atoms with Crippen LogP contribution in [0.5, 0.6) is 0 Å². The maximum Gasteiger partial charge on any atom is 0.416 e. The molecule has 0 unspecified atom stereocenters. The number of nitrogens with zero attached hydrogens (tertiary/aromatic N) is 3. The van der Waals surface area contributed by atoms with Crippen LogP contribution in [0.25, 0.3) is 10.9 Å². The number of urea groups is 1. The quantitative estimate of drug-likeness (QED) is 0.797. The SMILES string of the molecule is CO[C@H]1CC[C@H](NC(=O)N2CCC(n3ncc4cc(C(F)(F)F)ccc43)CC2)CC1. The summed E-state index contributed by atoms with van der Waals surface area (Å²) in [5.74, 6) is 0. The number of hydrogen-bond acceptors (Lipinski definition) is 3. The number of carbonyl (C=O) groups is 1. The molecule has 2 heterocycles. The van der Waals surface area contributed by atoms with E-state index in [0.717, 1.165) is 50.7 Å². The number of nitrogens with one attached hydrogen (secondary N) is 1. The highest BCUT2D eigenvalue weighted by molar-refractivity contribution is 5.79. The van der Waals surface area contributed by atoms with Gasteiger partial charge in [-0.1, -0.05) is 0 Å². The Morgan fingerprint density at radius 2 is 1.83 bits per heavy atom. The molecule has 2 aliphatic rings. The van der Waals surface area contributed by atoms with Gasteiger partial charge in [0.2, 0.25) is 0 Å². The molecule has 30 heavy (non-hydrogen) atoms. The van der Waals surface area contributed by atoms with Crippen LogP contribution in [-0.2, 0) is 10.9 Å². The molecule has 0 spiro atoms. The van der Waals surface area contributed by atoms with Crippen molar-refractivity contribution in [2.45, 2.75) is 62.9 Å². The van der Waals surface area contributed by atoms with Crippen LogP contribution in [0.15, 0.2) is 24.4 Å². The van der Waals surface area contributed by atoms with Crippen LogP contribution in [0, 0.1) is 0 Å². The lowest BCUT2D eigenvalue weighted by Gasteiger charge is -2.35. The fourth-order valence-corrected chi connectivity index (χ4v) is 4.54. The minimum Gasteiger partial charge on any atom is -0.381 e. The first-order valence-electron chi connectivity index (χ1n) is 10.5. The summed E-state index contributed by atoms with van der Waals surface area (Å²) in [5.41, 5.74) is 0.0291. The molecule has 9 heteroatoms. The summed E-state index contributed by atoms with van der Waals surface area (Å²) in [6.45, 7) is 1.21. The number of alkyl halides is 3. The van der Waals surface area contributed by atoms with Crippen LogP contribution in [0.1, 0.15) is 50.1 Å². The second-order valence-corrected chi connectivity index (χ2v) is 8.24. The third-order valence-corrected chi connectivity index (χ3v) is 6.36. The molecular formula is C21H27F3N4O2. The van der Waals surface area contributed by atoms with Gasteiger partial charge in [-0.3, -0.25) is 4.68 Å². The topological polar surface area (TPSA) is 59.4 Å². The van der Waals surface area contributed by atoms with Crippen LogP contribution in [0.4, 0.5) is 18.0 Å². The van der Waals surface area contributed by atoms with E-state index in [4.69, 9.17) is 4.74 Å². The minimum absolute atomic E-state index is 0.0329. The smallest absolute Gasteiger partial charge is 0.381 e.